The molecule has 1 amide bonds. The van der Waals surface area contributed by atoms with Crippen LogP contribution in [0.1, 0.15) is 22.0 Å². The molecule has 2 aromatic rings. The molecular formula is C16H15BrFNO4S. The predicted octanol–water partition coefficient (Wildman–Crippen LogP) is 2.81. The molecule has 2 aromatic carbocycles. The molecule has 0 saturated heterocycles. The molecule has 0 aromatic heterocycles. The maximum Gasteiger partial charge on any atom is 0.255 e. The Morgan fingerprint density at radius 2 is 1.92 bits per heavy atom. The zero-order chi connectivity index (χ0) is 17.9. The van der Waals surface area contributed by atoms with Gasteiger partial charge in [-0.2, -0.15) is 0 Å². The van der Waals surface area contributed by atoms with Crippen LogP contribution in [0.2, 0.25) is 0 Å². The van der Waals surface area contributed by atoms with Gasteiger partial charge in [-0.15, -0.1) is 0 Å². The summed E-state index contributed by atoms with van der Waals surface area (Å²) in [5, 5.41) is 12.5. The lowest BCUT2D eigenvalue weighted by Crippen LogP contribution is -2.33. The minimum atomic E-state index is -3.39. The van der Waals surface area contributed by atoms with Crippen LogP contribution in [-0.2, 0) is 9.84 Å². The van der Waals surface area contributed by atoms with Gasteiger partial charge in [0.1, 0.15) is 21.4 Å². The third-order valence-corrected chi connectivity index (χ3v) is 4.79. The highest BCUT2D eigenvalue weighted by Crippen LogP contribution is 2.29. The normalized spacial score (nSPS) is 12.6. The van der Waals surface area contributed by atoms with Gasteiger partial charge in [-0.1, -0.05) is 30.3 Å². The molecule has 0 aliphatic heterocycles. The molecule has 0 radical (unpaired) electrons. The van der Waals surface area contributed by atoms with Crippen molar-refractivity contribution in [2.45, 2.75) is 6.04 Å². The third-order valence-electron chi connectivity index (χ3n) is 3.25. The number of phenols is 1. The third kappa shape index (κ3) is 4.78. The van der Waals surface area contributed by atoms with Crippen LogP contribution >= 0.6 is 15.9 Å². The summed E-state index contributed by atoms with van der Waals surface area (Å²) < 4.78 is 36.8. The van der Waals surface area contributed by atoms with Crippen molar-refractivity contribution in [3.05, 3.63) is 63.9 Å². The SMILES string of the molecule is CS(=O)(=O)CC(NC(=O)c1cc(F)cc(Br)c1O)c1ccccc1. The number of benzene rings is 2. The lowest BCUT2D eigenvalue weighted by molar-refractivity contribution is 0.0937. The van der Waals surface area contributed by atoms with Crippen LogP contribution in [0.25, 0.3) is 0 Å². The monoisotopic (exact) mass is 415 g/mol. The van der Waals surface area contributed by atoms with Crippen LogP contribution in [-0.4, -0.2) is 31.4 Å². The maximum absolute atomic E-state index is 13.5. The van der Waals surface area contributed by atoms with Crippen molar-refractivity contribution in [2.75, 3.05) is 12.0 Å². The van der Waals surface area contributed by atoms with Crippen LogP contribution in [0, 0.1) is 5.82 Å². The van der Waals surface area contributed by atoms with E-state index in [0.717, 1.165) is 18.4 Å². The smallest absolute Gasteiger partial charge is 0.255 e. The van der Waals surface area contributed by atoms with Gasteiger partial charge in [0, 0.05) is 6.26 Å². The molecule has 0 bridgehead atoms. The molecule has 1 unspecified atom stereocenters. The summed E-state index contributed by atoms with van der Waals surface area (Å²) in [4.78, 5) is 12.4. The van der Waals surface area contributed by atoms with Crippen LogP contribution < -0.4 is 5.32 Å². The number of phenolic OH excluding ortho intramolecular Hbond substituents is 1. The summed E-state index contributed by atoms with van der Waals surface area (Å²) in [7, 11) is -3.39. The van der Waals surface area contributed by atoms with Gasteiger partial charge >= 0.3 is 0 Å². The molecule has 1 atom stereocenters. The Balaban J connectivity index is 2.35. The molecule has 5 nitrogen and oxygen atoms in total. The summed E-state index contributed by atoms with van der Waals surface area (Å²) in [6.45, 7) is 0. The number of halogens is 2. The van der Waals surface area contributed by atoms with Crippen LogP contribution in [0.3, 0.4) is 0 Å². The first-order valence-electron chi connectivity index (χ1n) is 6.89. The van der Waals surface area contributed by atoms with Crippen molar-refractivity contribution in [1.29, 1.82) is 0 Å². The molecule has 0 saturated carbocycles. The summed E-state index contributed by atoms with van der Waals surface area (Å²) in [5.74, 6) is -2.21. The summed E-state index contributed by atoms with van der Waals surface area (Å²) in [5.41, 5.74) is 0.308. The van der Waals surface area contributed by atoms with Crippen LogP contribution in [0.4, 0.5) is 4.39 Å². The first-order valence-corrected chi connectivity index (χ1v) is 9.74. The van der Waals surface area contributed by atoms with E-state index in [9.17, 15) is 22.7 Å². The standard InChI is InChI=1S/C16H15BrFNO4S/c1-24(22,23)9-14(10-5-3-2-4-6-10)19-16(21)12-7-11(18)8-13(17)15(12)20/h2-8,14,20H,9H2,1H3,(H,19,21). The highest BCUT2D eigenvalue weighted by Gasteiger charge is 2.23. The van der Waals surface area contributed by atoms with E-state index in [4.69, 9.17) is 0 Å². The van der Waals surface area contributed by atoms with E-state index in [1.807, 2.05) is 0 Å². The Morgan fingerprint density at radius 1 is 1.29 bits per heavy atom. The van der Waals surface area contributed by atoms with Gasteiger partial charge in [0.05, 0.1) is 21.8 Å². The molecule has 128 valence electrons. The first kappa shape index (κ1) is 18.4. The van der Waals surface area contributed by atoms with Crippen LogP contribution in [0.15, 0.2) is 46.9 Å². The van der Waals surface area contributed by atoms with Gasteiger partial charge < -0.3 is 10.4 Å². The minimum Gasteiger partial charge on any atom is -0.506 e. The summed E-state index contributed by atoms with van der Waals surface area (Å²) >= 11 is 2.96. The fraction of sp³-hybridized carbons (Fsp3) is 0.188. The quantitative estimate of drug-likeness (QED) is 0.786. The van der Waals surface area contributed by atoms with Gasteiger partial charge in [0.25, 0.3) is 5.91 Å². The maximum atomic E-state index is 13.5. The highest BCUT2D eigenvalue weighted by atomic mass is 79.9. The Morgan fingerprint density at radius 3 is 2.50 bits per heavy atom. The van der Waals surface area contributed by atoms with Crippen molar-refractivity contribution in [3.63, 3.8) is 0 Å². The first-order chi connectivity index (χ1) is 11.2. The lowest BCUT2D eigenvalue weighted by Gasteiger charge is -2.19. The van der Waals surface area contributed by atoms with Crippen molar-refractivity contribution in [3.8, 4) is 5.75 Å². The molecule has 0 spiro atoms. The van der Waals surface area contributed by atoms with E-state index in [1.54, 1.807) is 30.3 Å². The van der Waals surface area contributed by atoms with E-state index in [1.165, 1.54) is 0 Å². The van der Waals surface area contributed by atoms with Crippen molar-refractivity contribution >= 4 is 31.7 Å². The average Bonchev–Trinajstić information content (AvgIpc) is 2.49. The van der Waals surface area contributed by atoms with E-state index >= 15 is 0 Å². The molecule has 0 aliphatic rings. The number of amides is 1. The Hall–Kier alpha value is -1.93. The minimum absolute atomic E-state index is 0.0343. The molecule has 0 aliphatic carbocycles. The number of nitrogens with one attached hydrogen (secondary N) is 1. The van der Waals surface area contributed by atoms with E-state index in [0.29, 0.717) is 5.56 Å². The van der Waals surface area contributed by atoms with Gasteiger partial charge in [0.2, 0.25) is 0 Å². The zero-order valence-corrected chi connectivity index (χ0v) is 15.1. The number of sulfone groups is 1. The van der Waals surface area contributed by atoms with Gasteiger partial charge in [-0.05, 0) is 33.6 Å². The fourth-order valence-electron chi connectivity index (χ4n) is 2.18. The molecule has 2 N–H and O–H groups in total. The van der Waals surface area contributed by atoms with Crippen molar-refractivity contribution in [1.82, 2.24) is 5.32 Å². The van der Waals surface area contributed by atoms with Gasteiger partial charge in [-0.25, -0.2) is 12.8 Å². The second-order valence-electron chi connectivity index (χ2n) is 5.31. The second-order valence-corrected chi connectivity index (χ2v) is 8.35. The molecule has 2 rings (SSSR count). The van der Waals surface area contributed by atoms with Gasteiger partial charge in [-0.3, -0.25) is 4.79 Å². The summed E-state index contributed by atoms with van der Waals surface area (Å²) in [6.07, 6.45) is 1.06. The van der Waals surface area contributed by atoms with Crippen molar-refractivity contribution < 1.29 is 22.7 Å². The lowest BCUT2D eigenvalue weighted by atomic mass is 10.1. The number of rotatable bonds is 5. The number of carbonyl (C=O) groups excluding carboxylic acids is 1. The topological polar surface area (TPSA) is 83.5 Å². The Labute approximate surface area is 147 Å². The second kappa shape index (κ2) is 7.31. The van der Waals surface area contributed by atoms with Crippen molar-refractivity contribution in [2.24, 2.45) is 0 Å². The summed E-state index contributed by atoms with van der Waals surface area (Å²) in [6, 6.07) is 9.64. The molecular weight excluding hydrogens is 401 g/mol. The predicted molar refractivity (Wildman–Crippen MR) is 92.1 cm³/mol. The Kier molecular flexibility index (Phi) is 5.61. The van der Waals surface area contributed by atoms with E-state index in [2.05, 4.69) is 21.2 Å². The largest absolute Gasteiger partial charge is 0.506 e. The zero-order valence-electron chi connectivity index (χ0n) is 12.7. The molecule has 24 heavy (non-hydrogen) atoms. The Bertz CT molecular complexity index is 856. The van der Waals surface area contributed by atoms with Crippen LogP contribution in [0.5, 0.6) is 5.75 Å². The molecule has 8 heteroatoms. The number of carbonyl (C=O) groups is 1. The van der Waals surface area contributed by atoms with Gasteiger partial charge in [0.15, 0.2) is 0 Å². The fourth-order valence-corrected chi connectivity index (χ4v) is 3.50. The molecule has 0 fully saturated rings. The number of aromatic hydroxyl groups is 1. The van der Waals surface area contributed by atoms with E-state index in [-0.39, 0.29) is 15.8 Å². The highest BCUT2D eigenvalue weighted by molar-refractivity contribution is 9.10. The molecule has 0 heterocycles. The average molecular weight is 416 g/mol. The number of hydrogen-bond donors (Lipinski definition) is 2. The number of hydrogen-bond acceptors (Lipinski definition) is 4. The van der Waals surface area contributed by atoms with E-state index < -0.39 is 33.4 Å².